The first-order valence-corrected chi connectivity index (χ1v) is 8.67. The fourth-order valence-corrected chi connectivity index (χ4v) is 4.34. The van der Waals surface area contributed by atoms with Gasteiger partial charge in [0.05, 0.1) is 5.75 Å². The zero-order valence-corrected chi connectivity index (χ0v) is 13.1. The van der Waals surface area contributed by atoms with Crippen LogP contribution in [0.25, 0.3) is 0 Å². The predicted molar refractivity (Wildman–Crippen MR) is 79.1 cm³/mol. The summed E-state index contributed by atoms with van der Waals surface area (Å²) >= 11 is 11.8. The van der Waals surface area contributed by atoms with Gasteiger partial charge in [-0.3, -0.25) is 0 Å². The smallest absolute Gasteiger partial charge is 0.212 e. The molecule has 0 aliphatic carbocycles. The second-order valence-corrected chi connectivity index (χ2v) is 7.89. The summed E-state index contributed by atoms with van der Waals surface area (Å²) in [5, 5.41) is 0.916. The summed E-state index contributed by atoms with van der Waals surface area (Å²) in [7, 11) is -3.29. The highest BCUT2D eigenvalue weighted by Gasteiger charge is 2.27. The molecule has 0 N–H and O–H groups in total. The van der Waals surface area contributed by atoms with Crippen molar-refractivity contribution in [1.82, 2.24) is 4.31 Å². The largest absolute Gasteiger partial charge is 0.218 e. The van der Waals surface area contributed by atoms with E-state index in [0.717, 1.165) is 12.8 Å². The second-order valence-electron chi connectivity index (χ2n) is 5.07. The molecule has 0 spiro atoms. The minimum absolute atomic E-state index is 0.0582. The van der Waals surface area contributed by atoms with Gasteiger partial charge in [-0.2, -0.15) is 0 Å². The monoisotopic (exact) mass is 321 g/mol. The molecule has 0 radical (unpaired) electrons. The van der Waals surface area contributed by atoms with Gasteiger partial charge in [0.2, 0.25) is 10.0 Å². The van der Waals surface area contributed by atoms with Crippen LogP contribution in [0.15, 0.2) is 18.2 Å². The Kier molecular flexibility index (Phi) is 4.77. The zero-order chi connectivity index (χ0) is 14.0. The van der Waals surface area contributed by atoms with E-state index in [2.05, 4.69) is 6.92 Å². The van der Waals surface area contributed by atoms with Crippen molar-refractivity contribution in [2.24, 2.45) is 5.92 Å². The Balaban J connectivity index is 2.12. The normalized spacial score (nSPS) is 18.7. The van der Waals surface area contributed by atoms with E-state index in [1.165, 1.54) is 0 Å². The summed E-state index contributed by atoms with van der Waals surface area (Å²) in [6, 6.07) is 4.91. The van der Waals surface area contributed by atoms with Crippen LogP contribution in [-0.2, 0) is 15.8 Å². The predicted octanol–water partition coefficient (Wildman–Crippen LogP) is 3.56. The quantitative estimate of drug-likeness (QED) is 0.853. The van der Waals surface area contributed by atoms with E-state index in [0.29, 0.717) is 34.6 Å². The molecule has 0 atom stereocenters. The van der Waals surface area contributed by atoms with Crippen molar-refractivity contribution >= 4 is 33.2 Å². The highest BCUT2D eigenvalue weighted by atomic mass is 35.5. The molecule has 1 saturated heterocycles. The van der Waals surface area contributed by atoms with Crippen LogP contribution in [0.1, 0.15) is 25.3 Å². The minimum Gasteiger partial charge on any atom is -0.212 e. The maximum absolute atomic E-state index is 12.3. The fraction of sp³-hybridized carbons (Fsp3) is 0.538. The summed E-state index contributed by atoms with van der Waals surface area (Å²) in [5.41, 5.74) is 0.602. The van der Waals surface area contributed by atoms with E-state index in [-0.39, 0.29) is 5.75 Å². The van der Waals surface area contributed by atoms with Crippen molar-refractivity contribution < 1.29 is 8.42 Å². The van der Waals surface area contributed by atoms with Crippen molar-refractivity contribution in [3.05, 3.63) is 33.8 Å². The Bertz CT molecular complexity index is 552. The number of hydrogen-bond acceptors (Lipinski definition) is 2. The van der Waals surface area contributed by atoms with Crippen molar-refractivity contribution in [3.8, 4) is 0 Å². The lowest BCUT2D eigenvalue weighted by molar-refractivity contribution is 0.287. The lowest BCUT2D eigenvalue weighted by Crippen LogP contribution is -2.38. The van der Waals surface area contributed by atoms with Gasteiger partial charge in [0.25, 0.3) is 0 Å². The molecule has 0 bridgehead atoms. The topological polar surface area (TPSA) is 37.4 Å². The molecule has 2 rings (SSSR count). The summed E-state index contributed by atoms with van der Waals surface area (Å²) in [6.07, 6.45) is 1.85. The van der Waals surface area contributed by atoms with Crippen molar-refractivity contribution in [2.75, 3.05) is 13.1 Å². The van der Waals surface area contributed by atoms with Crippen molar-refractivity contribution in [3.63, 3.8) is 0 Å². The Morgan fingerprint density at radius 3 is 2.47 bits per heavy atom. The first-order valence-electron chi connectivity index (χ1n) is 6.30. The van der Waals surface area contributed by atoms with E-state index >= 15 is 0 Å². The molecule has 3 nitrogen and oxygen atoms in total. The summed E-state index contributed by atoms with van der Waals surface area (Å²) in [4.78, 5) is 0. The Hall–Kier alpha value is -0.290. The molecule has 0 aromatic heterocycles. The molecule has 1 heterocycles. The molecule has 0 amide bonds. The zero-order valence-electron chi connectivity index (χ0n) is 10.8. The highest BCUT2D eigenvalue weighted by Crippen LogP contribution is 2.25. The van der Waals surface area contributed by atoms with Gasteiger partial charge in [-0.1, -0.05) is 36.2 Å². The molecule has 1 aliphatic heterocycles. The van der Waals surface area contributed by atoms with E-state index in [4.69, 9.17) is 23.2 Å². The molecule has 0 saturated carbocycles. The number of halogens is 2. The summed E-state index contributed by atoms with van der Waals surface area (Å²) < 4.78 is 26.2. The van der Waals surface area contributed by atoms with Crippen LogP contribution in [0.3, 0.4) is 0 Å². The number of hydrogen-bond donors (Lipinski definition) is 0. The first-order chi connectivity index (χ1) is 8.88. The molecule has 6 heteroatoms. The molecule has 106 valence electrons. The van der Waals surface area contributed by atoms with Gasteiger partial charge in [0.1, 0.15) is 0 Å². The van der Waals surface area contributed by atoms with E-state index in [1.54, 1.807) is 22.5 Å². The van der Waals surface area contributed by atoms with Gasteiger partial charge < -0.3 is 0 Å². The van der Waals surface area contributed by atoms with Crippen LogP contribution in [0.5, 0.6) is 0 Å². The minimum atomic E-state index is -3.29. The van der Waals surface area contributed by atoms with Crippen LogP contribution in [-0.4, -0.2) is 25.8 Å². The average Bonchev–Trinajstić information content (AvgIpc) is 2.33. The third-order valence-corrected chi connectivity index (χ3v) is 5.90. The van der Waals surface area contributed by atoms with Gasteiger partial charge in [-0.15, -0.1) is 0 Å². The molecule has 1 aromatic carbocycles. The molecule has 1 aliphatic rings. The van der Waals surface area contributed by atoms with Gasteiger partial charge in [0, 0.05) is 23.1 Å². The van der Waals surface area contributed by atoms with Crippen LogP contribution in [0.4, 0.5) is 0 Å². The number of benzene rings is 1. The second kappa shape index (κ2) is 6.00. The SMILES string of the molecule is CC1CCN(S(=O)(=O)Cc2ccc(Cl)cc2Cl)CC1. The van der Waals surface area contributed by atoms with Gasteiger partial charge >= 0.3 is 0 Å². The van der Waals surface area contributed by atoms with Crippen molar-refractivity contribution in [1.29, 1.82) is 0 Å². The summed E-state index contributed by atoms with van der Waals surface area (Å²) in [6.45, 7) is 3.36. The Morgan fingerprint density at radius 2 is 1.89 bits per heavy atom. The average molecular weight is 322 g/mol. The van der Waals surface area contributed by atoms with Gasteiger partial charge in [-0.25, -0.2) is 12.7 Å². The van der Waals surface area contributed by atoms with Crippen LogP contribution in [0, 0.1) is 5.92 Å². The van der Waals surface area contributed by atoms with E-state index in [1.807, 2.05) is 0 Å². The number of sulfonamides is 1. The maximum atomic E-state index is 12.3. The third-order valence-electron chi connectivity index (χ3n) is 3.49. The van der Waals surface area contributed by atoms with E-state index in [9.17, 15) is 8.42 Å². The molecular weight excluding hydrogens is 305 g/mol. The van der Waals surface area contributed by atoms with Crippen molar-refractivity contribution in [2.45, 2.75) is 25.5 Å². The standard InChI is InChI=1S/C13H17Cl2NO2S/c1-10-4-6-16(7-5-10)19(17,18)9-11-2-3-12(14)8-13(11)15/h2-3,8,10H,4-7,9H2,1H3. The maximum Gasteiger partial charge on any atom is 0.218 e. The van der Waals surface area contributed by atoms with Crippen LogP contribution in [0.2, 0.25) is 10.0 Å². The fourth-order valence-electron chi connectivity index (χ4n) is 2.19. The van der Waals surface area contributed by atoms with Crippen LogP contribution >= 0.6 is 23.2 Å². The number of piperidine rings is 1. The van der Waals surface area contributed by atoms with Crippen LogP contribution < -0.4 is 0 Å². The summed E-state index contributed by atoms with van der Waals surface area (Å²) in [5.74, 6) is 0.544. The van der Waals surface area contributed by atoms with Gasteiger partial charge in [0.15, 0.2) is 0 Å². The third kappa shape index (κ3) is 3.85. The van der Waals surface area contributed by atoms with E-state index < -0.39 is 10.0 Å². The lowest BCUT2D eigenvalue weighted by Gasteiger charge is -2.29. The van der Waals surface area contributed by atoms with Gasteiger partial charge in [-0.05, 0) is 36.5 Å². The number of nitrogens with zero attached hydrogens (tertiary/aromatic N) is 1. The lowest BCUT2D eigenvalue weighted by atomic mass is 10.0. The molecule has 1 fully saturated rings. The highest BCUT2D eigenvalue weighted by molar-refractivity contribution is 7.88. The Labute approximate surface area is 124 Å². The Morgan fingerprint density at radius 1 is 1.26 bits per heavy atom. The number of rotatable bonds is 3. The molecular formula is C13H17Cl2NO2S. The first kappa shape index (κ1) is 15.1. The molecule has 1 aromatic rings. The molecule has 19 heavy (non-hydrogen) atoms. The molecule has 0 unspecified atom stereocenters.